The molecular formula is C9H15BrO3. The molecule has 0 aliphatic rings. The molecule has 0 fully saturated rings. The summed E-state index contributed by atoms with van der Waals surface area (Å²) in [7, 11) is 1.35. The summed E-state index contributed by atoms with van der Waals surface area (Å²) in [5.41, 5.74) is -0.308. The molecule has 0 radical (unpaired) electrons. The lowest BCUT2D eigenvalue weighted by Crippen LogP contribution is -2.22. The van der Waals surface area contributed by atoms with Crippen LogP contribution in [0, 0.1) is 5.41 Å². The second-order valence-corrected chi connectivity index (χ2v) is 4.33. The first-order valence-electron chi connectivity index (χ1n) is 4.06. The Morgan fingerprint density at radius 1 is 1.31 bits per heavy atom. The van der Waals surface area contributed by atoms with Gasteiger partial charge in [-0.2, -0.15) is 0 Å². The second kappa shape index (κ2) is 5.37. The third kappa shape index (κ3) is 5.80. The lowest BCUT2D eigenvalue weighted by atomic mass is 9.84. The molecule has 0 aromatic carbocycles. The number of halogens is 1. The van der Waals surface area contributed by atoms with Crippen molar-refractivity contribution in [3.05, 3.63) is 0 Å². The summed E-state index contributed by atoms with van der Waals surface area (Å²) < 4.78 is 4.54. The van der Waals surface area contributed by atoms with E-state index in [4.69, 9.17) is 0 Å². The van der Waals surface area contributed by atoms with E-state index < -0.39 is 0 Å². The topological polar surface area (TPSA) is 43.4 Å². The first-order valence-corrected chi connectivity index (χ1v) is 5.18. The van der Waals surface area contributed by atoms with Crippen molar-refractivity contribution in [2.45, 2.75) is 26.7 Å². The van der Waals surface area contributed by atoms with Gasteiger partial charge in [-0.15, -0.1) is 0 Å². The summed E-state index contributed by atoms with van der Waals surface area (Å²) in [6.07, 6.45) is 0.676. The molecule has 0 atom stereocenters. The van der Waals surface area contributed by atoms with Crippen molar-refractivity contribution in [1.29, 1.82) is 0 Å². The Kier molecular flexibility index (Phi) is 5.21. The third-order valence-electron chi connectivity index (χ3n) is 1.68. The standard InChI is InChI=1S/C9H15BrO3/c1-9(2,4-7(11)6-10)5-8(12)13-3/h4-6H2,1-3H3. The fraction of sp³-hybridized carbons (Fsp3) is 0.778. The number of ether oxygens (including phenoxy) is 1. The van der Waals surface area contributed by atoms with Crippen LogP contribution in [0.5, 0.6) is 0 Å². The van der Waals surface area contributed by atoms with Gasteiger partial charge in [0.25, 0.3) is 0 Å². The van der Waals surface area contributed by atoms with Crippen LogP contribution < -0.4 is 0 Å². The van der Waals surface area contributed by atoms with E-state index >= 15 is 0 Å². The number of methoxy groups -OCH3 is 1. The molecule has 0 bridgehead atoms. The van der Waals surface area contributed by atoms with Crippen LogP contribution in [-0.4, -0.2) is 24.2 Å². The Hall–Kier alpha value is -0.380. The molecule has 0 amide bonds. The van der Waals surface area contributed by atoms with Gasteiger partial charge in [-0.1, -0.05) is 29.8 Å². The monoisotopic (exact) mass is 250 g/mol. The number of alkyl halides is 1. The van der Waals surface area contributed by atoms with Crippen molar-refractivity contribution < 1.29 is 14.3 Å². The van der Waals surface area contributed by atoms with E-state index in [-0.39, 0.29) is 23.6 Å². The van der Waals surface area contributed by atoms with Gasteiger partial charge in [-0.05, 0) is 5.41 Å². The molecule has 0 heterocycles. The summed E-state index contributed by atoms with van der Waals surface area (Å²) >= 11 is 3.09. The van der Waals surface area contributed by atoms with Gasteiger partial charge in [0.15, 0.2) is 0 Å². The van der Waals surface area contributed by atoms with Crippen LogP contribution in [0.1, 0.15) is 26.7 Å². The van der Waals surface area contributed by atoms with E-state index in [1.165, 1.54) is 7.11 Å². The van der Waals surface area contributed by atoms with Crippen molar-refractivity contribution in [3.8, 4) is 0 Å². The predicted molar refractivity (Wildman–Crippen MR) is 53.8 cm³/mol. The molecule has 4 heteroatoms. The fourth-order valence-electron chi connectivity index (χ4n) is 1.11. The van der Waals surface area contributed by atoms with Crippen molar-refractivity contribution in [3.63, 3.8) is 0 Å². The second-order valence-electron chi connectivity index (χ2n) is 3.77. The SMILES string of the molecule is COC(=O)CC(C)(C)CC(=O)CBr. The molecule has 0 rings (SSSR count). The molecule has 0 aliphatic heterocycles. The number of rotatable bonds is 5. The van der Waals surface area contributed by atoms with Crippen LogP contribution in [0.4, 0.5) is 0 Å². The van der Waals surface area contributed by atoms with E-state index in [0.29, 0.717) is 11.8 Å². The lowest BCUT2D eigenvalue weighted by Gasteiger charge is -2.21. The average Bonchev–Trinajstić information content (AvgIpc) is 2.02. The summed E-state index contributed by atoms with van der Waals surface area (Å²) in [5.74, 6) is -0.165. The maximum Gasteiger partial charge on any atom is 0.306 e. The number of esters is 1. The average molecular weight is 251 g/mol. The van der Waals surface area contributed by atoms with Crippen molar-refractivity contribution in [2.24, 2.45) is 5.41 Å². The minimum Gasteiger partial charge on any atom is -0.469 e. The van der Waals surface area contributed by atoms with Crippen LogP contribution in [-0.2, 0) is 14.3 Å². The van der Waals surface area contributed by atoms with E-state index in [2.05, 4.69) is 20.7 Å². The Balaban J connectivity index is 4.07. The molecule has 0 aromatic rings. The number of hydrogen-bond acceptors (Lipinski definition) is 3. The minimum absolute atomic E-state index is 0.105. The van der Waals surface area contributed by atoms with E-state index in [1.54, 1.807) is 0 Å². The first kappa shape index (κ1) is 12.6. The van der Waals surface area contributed by atoms with Crippen molar-refractivity contribution in [2.75, 3.05) is 12.4 Å². The minimum atomic E-state index is -0.308. The summed E-state index contributed by atoms with van der Waals surface area (Å²) in [4.78, 5) is 22.1. The molecule has 0 unspecified atom stereocenters. The van der Waals surface area contributed by atoms with Gasteiger partial charge in [0.1, 0.15) is 5.78 Å². The highest BCUT2D eigenvalue weighted by Gasteiger charge is 2.25. The van der Waals surface area contributed by atoms with Crippen LogP contribution in [0.2, 0.25) is 0 Å². The molecule has 13 heavy (non-hydrogen) atoms. The van der Waals surface area contributed by atoms with Gasteiger partial charge in [0.2, 0.25) is 0 Å². The van der Waals surface area contributed by atoms with Crippen molar-refractivity contribution in [1.82, 2.24) is 0 Å². The van der Waals surface area contributed by atoms with Crippen molar-refractivity contribution >= 4 is 27.7 Å². The summed E-state index contributed by atoms with van der Waals surface area (Å²) in [5, 5.41) is 0.345. The molecule has 0 saturated heterocycles. The maximum atomic E-state index is 11.1. The highest BCUT2D eigenvalue weighted by atomic mass is 79.9. The molecule has 0 N–H and O–H groups in total. The number of carbonyl (C=O) groups is 2. The molecular weight excluding hydrogens is 236 g/mol. The van der Waals surface area contributed by atoms with Gasteiger partial charge in [0.05, 0.1) is 18.9 Å². The Morgan fingerprint density at radius 3 is 2.23 bits per heavy atom. The van der Waals surface area contributed by atoms with Crippen LogP contribution in [0.15, 0.2) is 0 Å². The van der Waals surface area contributed by atoms with Gasteiger partial charge < -0.3 is 4.74 Å². The van der Waals surface area contributed by atoms with E-state index in [1.807, 2.05) is 13.8 Å². The molecule has 0 spiro atoms. The van der Waals surface area contributed by atoms with Crippen LogP contribution in [0.3, 0.4) is 0 Å². The zero-order chi connectivity index (χ0) is 10.5. The van der Waals surface area contributed by atoms with Crippen LogP contribution in [0.25, 0.3) is 0 Å². The number of carbonyl (C=O) groups excluding carboxylic acids is 2. The van der Waals surface area contributed by atoms with Gasteiger partial charge in [0, 0.05) is 6.42 Å². The quantitative estimate of drug-likeness (QED) is 0.554. The number of Topliss-reactive ketones (excluding diaryl/α,β-unsaturated/α-hetero) is 1. The zero-order valence-electron chi connectivity index (χ0n) is 8.22. The summed E-state index contributed by atoms with van der Waals surface area (Å²) in [6, 6.07) is 0. The smallest absolute Gasteiger partial charge is 0.306 e. The maximum absolute atomic E-state index is 11.1. The Morgan fingerprint density at radius 2 is 1.85 bits per heavy atom. The van der Waals surface area contributed by atoms with E-state index in [9.17, 15) is 9.59 Å². The zero-order valence-corrected chi connectivity index (χ0v) is 9.81. The Bertz CT molecular complexity index is 179. The molecule has 0 saturated carbocycles. The third-order valence-corrected chi connectivity index (χ3v) is 2.30. The van der Waals surface area contributed by atoms with Crippen LogP contribution >= 0.6 is 15.9 Å². The predicted octanol–water partition coefficient (Wildman–Crippen LogP) is 1.93. The lowest BCUT2D eigenvalue weighted by molar-refractivity contribution is -0.143. The number of hydrogen-bond donors (Lipinski definition) is 0. The first-order chi connectivity index (χ1) is 5.91. The summed E-state index contributed by atoms with van der Waals surface area (Å²) in [6.45, 7) is 3.76. The normalized spacial score (nSPS) is 11.1. The highest BCUT2D eigenvalue weighted by Crippen LogP contribution is 2.25. The fourth-order valence-corrected chi connectivity index (χ4v) is 1.30. The molecule has 3 nitrogen and oxygen atoms in total. The highest BCUT2D eigenvalue weighted by molar-refractivity contribution is 9.09. The molecule has 0 aliphatic carbocycles. The molecule has 0 aromatic heterocycles. The van der Waals surface area contributed by atoms with Gasteiger partial charge >= 0.3 is 5.97 Å². The van der Waals surface area contributed by atoms with Gasteiger partial charge in [-0.25, -0.2) is 0 Å². The number of ketones is 1. The van der Waals surface area contributed by atoms with E-state index in [0.717, 1.165) is 0 Å². The van der Waals surface area contributed by atoms with Gasteiger partial charge in [-0.3, -0.25) is 9.59 Å². The largest absolute Gasteiger partial charge is 0.469 e. The Labute approximate surface area is 87.0 Å². The molecule has 76 valence electrons.